The molecule has 0 amide bonds. The van der Waals surface area contributed by atoms with E-state index in [1.807, 2.05) is 25.1 Å². The minimum atomic E-state index is 0.0924. The Bertz CT molecular complexity index is 524. The van der Waals surface area contributed by atoms with Gasteiger partial charge < -0.3 is 9.73 Å². The first-order valence-electron chi connectivity index (χ1n) is 6.75. The molecule has 0 saturated heterocycles. The molecule has 0 radical (unpaired) electrons. The number of anilines is 1. The van der Waals surface area contributed by atoms with Gasteiger partial charge in [-0.05, 0) is 31.9 Å². The molecule has 0 fully saturated rings. The summed E-state index contributed by atoms with van der Waals surface area (Å²) in [6.07, 6.45) is 2.72. The van der Waals surface area contributed by atoms with Crippen LogP contribution in [0.4, 0.5) is 6.01 Å². The molecule has 19 heavy (non-hydrogen) atoms. The van der Waals surface area contributed by atoms with E-state index in [1.54, 1.807) is 0 Å². The number of aromatic nitrogens is 3. The lowest BCUT2D eigenvalue weighted by atomic mass is 10.1. The summed E-state index contributed by atoms with van der Waals surface area (Å²) in [5, 5.41) is 11.3. The minimum absolute atomic E-state index is 0.0924. The smallest absolute Gasteiger partial charge is 0.316 e. The Kier molecular flexibility index (Phi) is 4.49. The lowest BCUT2D eigenvalue weighted by Gasteiger charge is -2.14. The number of hydrogen-bond donors (Lipinski definition) is 1. The van der Waals surface area contributed by atoms with Gasteiger partial charge in [0.1, 0.15) is 0 Å². The highest BCUT2D eigenvalue weighted by Crippen LogP contribution is 2.20. The molecule has 5 heteroatoms. The van der Waals surface area contributed by atoms with E-state index in [2.05, 4.69) is 34.3 Å². The van der Waals surface area contributed by atoms with Crippen molar-refractivity contribution < 1.29 is 4.42 Å². The molecular formula is C14H20N4O. The lowest BCUT2D eigenvalue weighted by Crippen LogP contribution is -2.12. The summed E-state index contributed by atoms with van der Waals surface area (Å²) in [5.74, 6) is 0.678. The third kappa shape index (κ3) is 3.53. The molecule has 102 valence electrons. The van der Waals surface area contributed by atoms with Gasteiger partial charge in [0.15, 0.2) is 0 Å². The molecule has 1 atom stereocenters. The highest BCUT2D eigenvalue weighted by Gasteiger charge is 2.14. The van der Waals surface area contributed by atoms with Gasteiger partial charge in [0.05, 0.1) is 11.7 Å². The molecule has 2 aromatic rings. The van der Waals surface area contributed by atoms with E-state index in [0.29, 0.717) is 11.9 Å². The number of nitrogens with one attached hydrogen (secondary N) is 1. The Hall–Kier alpha value is -1.91. The Labute approximate surface area is 113 Å². The van der Waals surface area contributed by atoms with E-state index in [-0.39, 0.29) is 6.04 Å². The number of hydrogen-bond acceptors (Lipinski definition) is 5. The van der Waals surface area contributed by atoms with Crippen LogP contribution in [0.3, 0.4) is 0 Å². The number of aryl methyl sites for hydroxylation is 2. The van der Waals surface area contributed by atoms with Crippen molar-refractivity contribution in [3.63, 3.8) is 0 Å². The highest BCUT2D eigenvalue weighted by atomic mass is 16.4. The zero-order chi connectivity index (χ0) is 13.7. The van der Waals surface area contributed by atoms with Crippen LogP contribution >= 0.6 is 0 Å². The first kappa shape index (κ1) is 13.5. The summed E-state index contributed by atoms with van der Waals surface area (Å²) in [6.45, 7) is 6.18. The second-order valence-electron chi connectivity index (χ2n) is 4.56. The van der Waals surface area contributed by atoms with Crippen molar-refractivity contribution >= 4 is 6.01 Å². The van der Waals surface area contributed by atoms with Crippen LogP contribution in [0.25, 0.3) is 0 Å². The summed E-state index contributed by atoms with van der Waals surface area (Å²) < 4.78 is 5.55. The second-order valence-corrected chi connectivity index (χ2v) is 4.56. The van der Waals surface area contributed by atoms with Crippen LogP contribution in [-0.2, 0) is 6.42 Å². The SMILES string of the molecule is CCCc1nnc(NC(CC)c2cccc(C)n2)o1. The van der Waals surface area contributed by atoms with Crippen LogP contribution in [0.2, 0.25) is 0 Å². The summed E-state index contributed by atoms with van der Waals surface area (Å²) >= 11 is 0. The molecule has 2 heterocycles. The molecule has 0 saturated carbocycles. The van der Waals surface area contributed by atoms with Crippen LogP contribution in [0, 0.1) is 6.92 Å². The number of nitrogens with zero attached hydrogens (tertiary/aromatic N) is 3. The van der Waals surface area contributed by atoms with Crippen LogP contribution in [0.15, 0.2) is 22.6 Å². The molecule has 2 rings (SSSR count). The molecular weight excluding hydrogens is 240 g/mol. The zero-order valence-corrected chi connectivity index (χ0v) is 11.7. The second kappa shape index (κ2) is 6.31. The Morgan fingerprint density at radius 3 is 2.79 bits per heavy atom. The molecule has 0 spiro atoms. The molecule has 0 aliphatic rings. The average molecular weight is 260 g/mol. The quantitative estimate of drug-likeness (QED) is 0.863. The Morgan fingerprint density at radius 2 is 2.11 bits per heavy atom. The normalized spacial score (nSPS) is 12.4. The molecule has 2 aromatic heterocycles. The molecule has 0 aliphatic carbocycles. The zero-order valence-electron chi connectivity index (χ0n) is 11.7. The maximum Gasteiger partial charge on any atom is 0.316 e. The molecule has 0 aromatic carbocycles. The van der Waals surface area contributed by atoms with Gasteiger partial charge in [-0.3, -0.25) is 4.98 Å². The van der Waals surface area contributed by atoms with Gasteiger partial charge in [0.25, 0.3) is 0 Å². The summed E-state index contributed by atoms with van der Waals surface area (Å²) in [6, 6.07) is 6.58. The van der Waals surface area contributed by atoms with Gasteiger partial charge in [0.2, 0.25) is 5.89 Å². The van der Waals surface area contributed by atoms with Gasteiger partial charge in [-0.1, -0.05) is 25.0 Å². The van der Waals surface area contributed by atoms with Crippen molar-refractivity contribution in [2.75, 3.05) is 5.32 Å². The van der Waals surface area contributed by atoms with E-state index < -0.39 is 0 Å². The highest BCUT2D eigenvalue weighted by molar-refractivity contribution is 5.25. The fraction of sp³-hybridized carbons (Fsp3) is 0.500. The molecule has 5 nitrogen and oxygen atoms in total. The molecule has 0 aliphatic heterocycles. The summed E-state index contributed by atoms with van der Waals surface area (Å²) in [7, 11) is 0. The standard InChI is InChI=1S/C14H20N4O/c1-4-7-13-17-18-14(19-13)16-11(5-2)12-9-6-8-10(3)15-12/h6,8-9,11H,4-5,7H2,1-3H3,(H,16,18). The van der Waals surface area contributed by atoms with E-state index in [9.17, 15) is 0 Å². The van der Waals surface area contributed by atoms with Gasteiger partial charge in [-0.15, -0.1) is 5.10 Å². The van der Waals surface area contributed by atoms with Crippen LogP contribution in [-0.4, -0.2) is 15.2 Å². The topological polar surface area (TPSA) is 63.8 Å². The lowest BCUT2D eigenvalue weighted by molar-refractivity contribution is 0.493. The number of pyridine rings is 1. The molecule has 1 N–H and O–H groups in total. The fourth-order valence-electron chi connectivity index (χ4n) is 1.92. The van der Waals surface area contributed by atoms with E-state index in [0.717, 1.165) is 30.7 Å². The largest absolute Gasteiger partial charge is 0.408 e. The monoisotopic (exact) mass is 260 g/mol. The van der Waals surface area contributed by atoms with Crippen LogP contribution in [0.1, 0.15) is 50.0 Å². The van der Waals surface area contributed by atoms with Crippen molar-refractivity contribution in [1.29, 1.82) is 0 Å². The van der Waals surface area contributed by atoms with Gasteiger partial charge in [-0.25, -0.2) is 0 Å². The van der Waals surface area contributed by atoms with Crippen molar-refractivity contribution in [1.82, 2.24) is 15.2 Å². The summed E-state index contributed by atoms with van der Waals surface area (Å²) in [5.41, 5.74) is 2.01. The fourth-order valence-corrected chi connectivity index (χ4v) is 1.92. The van der Waals surface area contributed by atoms with Gasteiger partial charge in [-0.2, -0.15) is 0 Å². The maximum absolute atomic E-state index is 5.55. The van der Waals surface area contributed by atoms with Crippen molar-refractivity contribution in [3.8, 4) is 0 Å². The van der Waals surface area contributed by atoms with E-state index in [1.165, 1.54) is 0 Å². The van der Waals surface area contributed by atoms with Crippen molar-refractivity contribution in [2.45, 2.75) is 46.1 Å². The van der Waals surface area contributed by atoms with Crippen molar-refractivity contribution in [3.05, 3.63) is 35.5 Å². The molecule has 1 unspecified atom stereocenters. The Balaban J connectivity index is 2.09. The average Bonchev–Trinajstić information content (AvgIpc) is 2.84. The predicted octanol–water partition coefficient (Wildman–Crippen LogP) is 3.29. The van der Waals surface area contributed by atoms with Crippen molar-refractivity contribution in [2.24, 2.45) is 0 Å². The first-order chi connectivity index (χ1) is 9.22. The van der Waals surface area contributed by atoms with Gasteiger partial charge >= 0.3 is 6.01 Å². The van der Waals surface area contributed by atoms with E-state index >= 15 is 0 Å². The van der Waals surface area contributed by atoms with Gasteiger partial charge in [0, 0.05) is 12.1 Å². The Morgan fingerprint density at radius 1 is 1.26 bits per heavy atom. The minimum Gasteiger partial charge on any atom is -0.408 e. The predicted molar refractivity (Wildman–Crippen MR) is 73.9 cm³/mol. The number of rotatable bonds is 6. The maximum atomic E-state index is 5.55. The third-order valence-electron chi connectivity index (χ3n) is 2.90. The van der Waals surface area contributed by atoms with E-state index in [4.69, 9.17) is 4.42 Å². The third-order valence-corrected chi connectivity index (χ3v) is 2.90. The molecule has 0 bridgehead atoms. The summed E-state index contributed by atoms with van der Waals surface area (Å²) in [4.78, 5) is 4.53. The van der Waals surface area contributed by atoms with Crippen LogP contribution in [0.5, 0.6) is 0 Å². The first-order valence-corrected chi connectivity index (χ1v) is 6.75. The van der Waals surface area contributed by atoms with Crippen LogP contribution < -0.4 is 5.32 Å².